The Labute approximate surface area is 73.4 Å². The predicted octanol–water partition coefficient (Wildman–Crippen LogP) is 2.00. The molecule has 2 heteroatoms. The van der Waals surface area contributed by atoms with Crippen molar-refractivity contribution in [2.45, 2.75) is 20.3 Å². The molecule has 0 saturated carbocycles. The highest BCUT2D eigenvalue weighted by atomic mass is 14.7. The largest absolute Gasteiger partial charge is 0.294 e. The summed E-state index contributed by atoms with van der Waals surface area (Å²) in [7, 11) is 1.76. The minimum Gasteiger partial charge on any atom is -0.294 e. The van der Waals surface area contributed by atoms with Gasteiger partial charge in [-0.25, -0.2) is 0 Å². The van der Waals surface area contributed by atoms with Gasteiger partial charge in [0.2, 0.25) is 0 Å². The van der Waals surface area contributed by atoms with Crippen molar-refractivity contribution >= 4 is 6.21 Å². The second-order valence-electron chi connectivity index (χ2n) is 2.80. The Kier molecular flexibility index (Phi) is 2.97. The molecule has 0 aliphatic rings. The first-order valence-electron chi connectivity index (χ1n) is 4.15. The number of nitrogens with zero attached hydrogens (tertiary/aromatic N) is 2. The lowest BCUT2D eigenvalue weighted by Gasteiger charge is -2.02. The van der Waals surface area contributed by atoms with Crippen LogP contribution in [0.15, 0.2) is 17.3 Å². The van der Waals surface area contributed by atoms with E-state index >= 15 is 0 Å². The zero-order valence-electron chi connectivity index (χ0n) is 7.83. The van der Waals surface area contributed by atoms with E-state index in [2.05, 4.69) is 29.9 Å². The van der Waals surface area contributed by atoms with E-state index in [0.29, 0.717) is 0 Å². The van der Waals surface area contributed by atoms with Gasteiger partial charge in [0.15, 0.2) is 0 Å². The third kappa shape index (κ3) is 1.91. The standard InChI is InChI=1S/C10H14N2/c1-4-9-5-8(2)6-12-10(9)7-11-3/h5-7H,4H2,1-3H3. The fourth-order valence-electron chi connectivity index (χ4n) is 1.16. The van der Waals surface area contributed by atoms with Crippen LogP contribution in [0.2, 0.25) is 0 Å². The summed E-state index contributed by atoms with van der Waals surface area (Å²) < 4.78 is 0. The molecule has 0 radical (unpaired) electrons. The Bertz CT molecular complexity index is 290. The number of rotatable bonds is 2. The van der Waals surface area contributed by atoms with Gasteiger partial charge in [-0.15, -0.1) is 0 Å². The maximum absolute atomic E-state index is 4.29. The predicted molar refractivity (Wildman–Crippen MR) is 51.9 cm³/mol. The number of aliphatic imine (C=N–C) groups is 1. The van der Waals surface area contributed by atoms with Gasteiger partial charge >= 0.3 is 0 Å². The minimum absolute atomic E-state index is 0.991. The van der Waals surface area contributed by atoms with E-state index in [0.717, 1.165) is 12.1 Å². The Morgan fingerprint density at radius 2 is 2.33 bits per heavy atom. The third-order valence-corrected chi connectivity index (χ3v) is 1.77. The van der Waals surface area contributed by atoms with Crippen LogP contribution in [0.1, 0.15) is 23.7 Å². The third-order valence-electron chi connectivity index (χ3n) is 1.77. The SMILES string of the molecule is CCc1cc(C)cnc1C=NC. The highest BCUT2D eigenvalue weighted by molar-refractivity contribution is 5.78. The molecule has 1 rings (SSSR count). The molecule has 0 aliphatic carbocycles. The average Bonchev–Trinajstić information content (AvgIpc) is 2.08. The van der Waals surface area contributed by atoms with Crippen molar-refractivity contribution in [2.75, 3.05) is 7.05 Å². The van der Waals surface area contributed by atoms with E-state index in [-0.39, 0.29) is 0 Å². The first-order valence-corrected chi connectivity index (χ1v) is 4.15. The summed E-state index contributed by atoms with van der Waals surface area (Å²) in [4.78, 5) is 8.25. The van der Waals surface area contributed by atoms with Crippen molar-refractivity contribution in [3.63, 3.8) is 0 Å². The van der Waals surface area contributed by atoms with Gasteiger partial charge in [0.25, 0.3) is 0 Å². The molecule has 0 unspecified atom stereocenters. The molecule has 0 saturated heterocycles. The van der Waals surface area contributed by atoms with Crippen LogP contribution in [0.25, 0.3) is 0 Å². The Balaban J connectivity index is 3.10. The van der Waals surface area contributed by atoms with Crippen LogP contribution in [0.3, 0.4) is 0 Å². The number of hydrogen-bond donors (Lipinski definition) is 0. The van der Waals surface area contributed by atoms with Crippen LogP contribution < -0.4 is 0 Å². The first-order chi connectivity index (χ1) is 5.77. The van der Waals surface area contributed by atoms with E-state index in [1.165, 1.54) is 11.1 Å². The van der Waals surface area contributed by atoms with Crippen molar-refractivity contribution in [3.05, 3.63) is 29.1 Å². The van der Waals surface area contributed by atoms with E-state index < -0.39 is 0 Å². The van der Waals surface area contributed by atoms with Gasteiger partial charge in [0, 0.05) is 19.5 Å². The molecule has 0 atom stereocenters. The highest BCUT2D eigenvalue weighted by Gasteiger charge is 1.98. The van der Waals surface area contributed by atoms with Crippen molar-refractivity contribution in [1.29, 1.82) is 0 Å². The van der Waals surface area contributed by atoms with E-state index in [1.807, 2.05) is 6.20 Å². The summed E-state index contributed by atoms with van der Waals surface area (Å²) in [6.07, 6.45) is 4.68. The Hall–Kier alpha value is -1.18. The van der Waals surface area contributed by atoms with Gasteiger partial charge in [-0.3, -0.25) is 9.98 Å². The topological polar surface area (TPSA) is 25.2 Å². The molecular formula is C10H14N2. The molecule has 0 spiro atoms. The first kappa shape index (κ1) is 8.91. The maximum Gasteiger partial charge on any atom is 0.0839 e. The molecular weight excluding hydrogens is 148 g/mol. The van der Waals surface area contributed by atoms with Gasteiger partial charge < -0.3 is 0 Å². The second-order valence-corrected chi connectivity index (χ2v) is 2.80. The van der Waals surface area contributed by atoms with E-state index in [4.69, 9.17) is 0 Å². The van der Waals surface area contributed by atoms with Crippen LogP contribution in [0.4, 0.5) is 0 Å². The van der Waals surface area contributed by atoms with Gasteiger partial charge in [-0.2, -0.15) is 0 Å². The van der Waals surface area contributed by atoms with Gasteiger partial charge in [0.1, 0.15) is 0 Å². The lowest BCUT2D eigenvalue weighted by molar-refractivity contribution is 1.08. The smallest absolute Gasteiger partial charge is 0.0839 e. The molecule has 1 heterocycles. The second kappa shape index (κ2) is 4.00. The molecule has 12 heavy (non-hydrogen) atoms. The minimum atomic E-state index is 0.991. The number of hydrogen-bond acceptors (Lipinski definition) is 2. The highest BCUT2D eigenvalue weighted by Crippen LogP contribution is 2.06. The summed E-state index contributed by atoms with van der Waals surface area (Å²) >= 11 is 0. The van der Waals surface area contributed by atoms with Gasteiger partial charge in [0.05, 0.1) is 5.69 Å². The molecule has 0 amide bonds. The molecule has 1 aromatic heterocycles. The lowest BCUT2D eigenvalue weighted by atomic mass is 10.1. The normalized spacial score (nSPS) is 10.9. The summed E-state index contributed by atoms with van der Waals surface area (Å²) in [5, 5.41) is 0. The molecule has 0 bridgehead atoms. The van der Waals surface area contributed by atoms with Gasteiger partial charge in [-0.05, 0) is 24.5 Å². The van der Waals surface area contributed by atoms with Crippen LogP contribution in [-0.2, 0) is 6.42 Å². The Morgan fingerprint density at radius 3 is 2.92 bits per heavy atom. The Morgan fingerprint density at radius 1 is 1.58 bits per heavy atom. The molecule has 1 aromatic rings. The van der Waals surface area contributed by atoms with Crippen LogP contribution in [0, 0.1) is 6.92 Å². The quantitative estimate of drug-likeness (QED) is 0.610. The zero-order valence-corrected chi connectivity index (χ0v) is 7.83. The molecule has 0 N–H and O–H groups in total. The van der Waals surface area contributed by atoms with Crippen molar-refractivity contribution in [2.24, 2.45) is 4.99 Å². The number of pyridine rings is 1. The average molecular weight is 162 g/mol. The van der Waals surface area contributed by atoms with Crippen molar-refractivity contribution < 1.29 is 0 Å². The molecule has 0 fully saturated rings. The van der Waals surface area contributed by atoms with Crippen molar-refractivity contribution in [1.82, 2.24) is 4.98 Å². The zero-order chi connectivity index (χ0) is 8.97. The van der Waals surface area contributed by atoms with Crippen molar-refractivity contribution in [3.8, 4) is 0 Å². The fourth-order valence-corrected chi connectivity index (χ4v) is 1.16. The molecule has 0 aromatic carbocycles. The fraction of sp³-hybridized carbons (Fsp3) is 0.400. The van der Waals surface area contributed by atoms with Crippen LogP contribution >= 0.6 is 0 Å². The summed E-state index contributed by atoms with van der Waals surface area (Å²) in [5.74, 6) is 0. The van der Waals surface area contributed by atoms with Crippen LogP contribution in [0.5, 0.6) is 0 Å². The monoisotopic (exact) mass is 162 g/mol. The van der Waals surface area contributed by atoms with E-state index in [9.17, 15) is 0 Å². The summed E-state index contributed by atoms with van der Waals surface area (Å²) in [6, 6.07) is 2.16. The molecule has 0 aliphatic heterocycles. The summed E-state index contributed by atoms with van der Waals surface area (Å²) in [6.45, 7) is 4.18. The summed E-state index contributed by atoms with van der Waals surface area (Å²) in [5.41, 5.74) is 3.46. The lowest BCUT2D eigenvalue weighted by Crippen LogP contribution is -1.96. The molecule has 64 valence electrons. The van der Waals surface area contributed by atoms with E-state index in [1.54, 1.807) is 13.3 Å². The van der Waals surface area contributed by atoms with Crippen LogP contribution in [-0.4, -0.2) is 18.2 Å². The number of aromatic nitrogens is 1. The maximum atomic E-state index is 4.29. The van der Waals surface area contributed by atoms with Gasteiger partial charge in [-0.1, -0.05) is 13.0 Å². The molecule has 2 nitrogen and oxygen atoms in total. The number of aryl methyl sites for hydroxylation is 2.